The van der Waals surface area contributed by atoms with Gasteiger partial charge in [-0.15, -0.1) is 0 Å². The Kier molecular flexibility index (Phi) is 7.95. The number of hydrogen-bond donors (Lipinski definition) is 1. The molecule has 0 N–H and O–H groups in total. The van der Waals surface area contributed by atoms with Gasteiger partial charge in [-0.05, 0) is 37.0 Å². The van der Waals surface area contributed by atoms with Crippen LogP contribution in [0.4, 0.5) is 0 Å². The molecule has 0 saturated carbocycles. The van der Waals surface area contributed by atoms with Crippen LogP contribution in [0.3, 0.4) is 0 Å². The molecule has 0 aromatic carbocycles. The van der Waals surface area contributed by atoms with Crippen LogP contribution < -0.4 is 0 Å². The van der Waals surface area contributed by atoms with Crippen molar-refractivity contribution in [3.05, 3.63) is 0 Å². The van der Waals surface area contributed by atoms with Crippen LogP contribution >= 0.6 is 36.2 Å². The second-order valence-corrected chi connectivity index (χ2v) is 7.36. The lowest BCUT2D eigenvalue weighted by Crippen LogP contribution is -2.20. The molecule has 0 amide bonds. The largest absolute Gasteiger partial charge is 0.179 e. The third kappa shape index (κ3) is 8.07. The molecule has 1 unspecified atom stereocenters. The van der Waals surface area contributed by atoms with Crippen molar-refractivity contribution < 1.29 is 0 Å². The molecule has 0 spiro atoms. The summed E-state index contributed by atoms with van der Waals surface area (Å²) in [6, 6.07) is 0. The van der Waals surface area contributed by atoms with E-state index in [-0.39, 0.29) is 0 Å². The van der Waals surface area contributed by atoms with Gasteiger partial charge in [0.1, 0.15) is 0 Å². The highest BCUT2D eigenvalue weighted by Gasteiger charge is 2.18. The van der Waals surface area contributed by atoms with Crippen LogP contribution in [0.25, 0.3) is 0 Å². The first kappa shape index (κ1) is 14.1. The van der Waals surface area contributed by atoms with E-state index in [9.17, 15) is 0 Å². The highest BCUT2D eigenvalue weighted by atomic mass is 32.2. The first-order valence-electron chi connectivity index (χ1n) is 4.84. The number of hydrogen-bond acceptors (Lipinski definition) is 3. The van der Waals surface area contributed by atoms with Crippen molar-refractivity contribution in [1.29, 1.82) is 0 Å². The van der Waals surface area contributed by atoms with Crippen molar-refractivity contribution >= 4 is 36.2 Å². The van der Waals surface area contributed by atoms with Gasteiger partial charge >= 0.3 is 0 Å². The van der Waals surface area contributed by atoms with Gasteiger partial charge in [0.25, 0.3) is 0 Å². The van der Waals surface area contributed by atoms with Crippen LogP contribution in [0.2, 0.25) is 0 Å². The van der Waals surface area contributed by atoms with Gasteiger partial charge in [0.15, 0.2) is 0 Å². The van der Waals surface area contributed by atoms with Gasteiger partial charge in [-0.1, -0.05) is 13.8 Å². The van der Waals surface area contributed by atoms with E-state index in [1.54, 1.807) is 0 Å². The average Bonchev–Trinajstić information content (AvgIpc) is 2.11. The molecule has 0 aromatic heterocycles. The lowest BCUT2D eigenvalue weighted by molar-refractivity contribution is 0.747. The summed E-state index contributed by atoms with van der Waals surface area (Å²) < 4.78 is 0.428. The van der Waals surface area contributed by atoms with Crippen molar-refractivity contribution in [3.63, 3.8) is 0 Å². The summed E-state index contributed by atoms with van der Waals surface area (Å²) in [5.41, 5.74) is 0. The second kappa shape index (κ2) is 7.36. The predicted octanol–water partition coefficient (Wildman–Crippen LogP) is 3.82. The van der Waals surface area contributed by atoms with E-state index in [1.165, 1.54) is 17.3 Å². The average molecular weight is 238 g/mol. The Morgan fingerprint density at radius 3 is 2.46 bits per heavy atom. The van der Waals surface area contributed by atoms with E-state index >= 15 is 0 Å². The van der Waals surface area contributed by atoms with Crippen molar-refractivity contribution in [3.8, 4) is 0 Å². The van der Waals surface area contributed by atoms with E-state index in [4.69, 9.17) is 0 Å². The van der Waals surface area contributed by atoms with Gasteiger partial charge in [-0.3, -0.25) is 0 Å². The molecule has 80 valence electrons. The Bertz CT molecular complexity index is 123. The Labute approximate surface area is 97.4 Å². The number of rotatable bonds is 7. The van der Waals surface area contributed by atoms with Crippen LogP contribution in [-0.2, 0) is 0 Å². The fourth-order valence-electron chi connectivity index (χ4n) is 0.810. The predicted molar refractivity (Wildman–Crippen MR) is 72.6 cm³/mol. The quantitative estimate of drug-likeness (QED) is 0.670. The lowest BCUT2D eigenvalue weighted by atomic mass is 10.2. The molecule has 0 heterocycles. The normalized spacial score (nSPS) is 14.5. The maximum Gasteiger partial charge on any atom is 0.0194 e. The van der Waals surface area contributed by atoms with Gasteiger partial charge in [0.2, 0.25) is 0 Å². The van der Waals surface area contributed by atoms with Gasteiger partial charge in [0, 0.05) is 10.5 Å². The molecule has 0 aromatic rings. The van der Waals surface area contributed by atoms with Crippen molar-refractivity contribution in [1.82, 2.24) is 0 Å². The Balaban J connectivity index is 3.61. The Morgan fingerprint density at radius 1 is 1.38 bits per heavy atom. The highest BCUT2D eigenvalue weighted by Crippen LogP contribution is 2.30. The topological polar surface area (TPSA) is 0 Å². The fraction of sp³-hybridized carbons (Fsp3) is 1.00. The molecule has 0 aliphatic rings. The molecule has 0 aliphatic heterocycles. The van der Waals surface area contributed by atoms with Crippen LogP contribution in [0.15, 0.2) is 0 Å². The van der Waals surface area contributed by atoms with Crippen molar-refractivity contribution in [2.45, 2.75) is 32.4 Å². The molecule has 0 saturated heterocycles. The molecule has 0 rings (SSSR count). The maximum atomic E-state index is 4.30. The molecular formula is C10H22S3. The standard InChI is InChI=1S/C10H22S3/c1-5-12-8-10(3,4)13-7-9(2)6-11/h9,11H,5-8H2,1-4H3. The fourth-order valence-corrected chi connectivity index (χ4v) is 3.25. The van der Waals surface area contributed by atoms with Gasteiger partial charge < -0.3 is 0 Å². The zero-order valence-corrected chi connectivity index (χ0v) is 11.7. The van der Waals surface area contributed by atoms with Crippen molar-refractivity contribution in [2.75, 3.05) is 23.0 Å². The minimum absolute atomic E-state index is 0.428. The van der Waals surface area contributed by atoms with E-state index in [0.717, 1.165) is 11.7 Å². The first-order valence-corrected chi connectivity index (χ1v) is 7.61. The molecule has 0 nitrogen and oxygen atoms in total. The molecular weight excluding hydrogens is 216 g/mol. The Morgan fingerprint density at radius 2 is 2.00 bits per heavy atom. The monoisotopic (exact) mass is 238 g/mol. The summed E-state index contributed by atoms with van der Waals surface area (Å²) in [5.74, 6) is 5.46. The van der Waals surface area contributed by atoms with Gasteiger partial charge in [-0.25, -0.2) is 0 Å². The number of thiol groups is 1. The lowest BCUT2D eigenvalue weighted by Gasteiger charge is -2.24. The molecule has 0 aliphatic carbocycles. The third-order valence-corrected chi connectivity index (χ3v) is 5.53. The summed E-state index contributed by atoms with van der Waals surface area (Å²) in [6.45, 7) is 9.17. The SMILES string of the molecule is CCSCC(C)(C)SCC(C)CS. The minimum Gasteiger partial charge on any atom is -0.179 e. The van der Waals surface area contributed by atoms with E-state index in [1.807, 2.05) is 11.8 Å². The summed E-state index contributed by atoms with van der Waals surface area (Å²) >= 11 is 8.41. The smallest absolute Gasteiger partial charge is 0.0194 e. The molecule has 0 radical (unpaired) electrons. The van der Waals surface area contributed by atoms with Gasteiger partial charge in [-0.2, -0.15) is 36.2 Å². The van der Waals surface area contributed by atoms with Crippen LogP contribution in [-0.4, -0.2) is 27.8 Å². The molecule has 1 atom stereocenters. The summed E-state index contributed by atoms with van der Waals surface area (Å²) in [4.78, 5) is 0. The molecule has 13 heavy (non-hydrogen) atoms. The van der Waals surface area contributed by atoms with E-state index in [2.05, 4.69) is 52.1 Å². The molecule has 3 heteroatoms. The van der Waals surface area contributed by atoms with E-state index in [0.29, 0.717) is 4.75 Å². The zero-order chi connectivity index (χ0) is 10.3. The van der Waals surface area contributed by atoms with Crippen LogP contribution in [0.5, 0.6) is 0 Å². The first-order chi connectivity index (χ1) is 6.02. The zero-order valence-electron chi connectivity index (χ0n) is 9.17. The Hall–Kier alpha value is 1.05. The van der Waals surface area contributed by atoms with Gasteiger partial charge in [0.05, 0.1) is 0 Å². The maximum absolute atomic E-state index is 4.30. The summed E-state index contributed by atoms with van der Waals surface area (Å²) in [6.07, 6.45) is 0. The second-order valence-electron chi connectivity index (χ2n) is 4.00. The number of thioether (sulfide) groups is 2. The minimum atomic E-state index is 0.428. The van der Waals surface area contributed by atoms with Crippen LogP contribution in [0.1, 0.15) is 27.7 Å². The molecule has 0 bridgehead atoms. The highest BCUT2D eigenvalue weighted by molar-refractivity contribution is 8.03. The summed E-state index contributed by atoms with van der Waals surface area (Å²) in [7, 11) is 0. The summed E-state index contributed by atoms with van der Waals surface area (Å²) in [5, 5.41) is 0. The van der Waals surface area contributed by atoms with Crippen LogP contribution in [0, 0.1) is 5.92 Å². The third-order valence-electron chi connectivity index (χ3n) is 1.72. The van der Waals surface area contributed by atoms with E-state index < -0.39 is 0 Å². The molecule has 0 fully saturated rings. The van der Waals surface area contributed by atoms with Crippen molar-refractivity contribution in [2.24, 2.45) is 5.92 Å².